The molecule has 1 saturated carbocycles. The Morgan fingerprint density at radius 3 is 2.25 bits per heavy atom. The molecule has 4 heteroatoms. The lowest BCUT2D eigenvalue weighted by Crippen LogP contribution is -2.33. The summed E-state index contributed by atoms with van der Waals surface area (Å²) in [6, 6.07) is 4.75. The number of hydrogen-bond donors (Lipinski definition) is 1. The molecule has 4 nitrogen and oxygen atoms in total. The fourth-order valence-corrected chi connectivity index (χ4v) is 4.03. The van der Waals surface area contributed by atoms with E-state index in [0.29, 0.717) is 5.69 Å². The van der Waals surface area contributed by atoms with Crippen LogP contribution < -0.4 is 4.90 Å². The van der Waals surface area contributed by atoms with Crippen LogP contribution in [0.2, 0.25) is 0 Å². The fourth-order valence-electron chi connectivity index (χ4n) is 4.03. The van der Waals surface area contributed by atoms with Crippen LogP contribution in [0, 0.1) is 30.6 Å². The Hall–Kier alpha value is -2.10. The Labute approximate surface area is 116 Å². The van der Waals surface area contributed by atoms with E-state index in [1.807, 2.05) is 0 Å². The molecule has 1 saturated heterocycles. The number of carbonyl (C=O) groups is 2. The number of imide groups is 1. The molecule has 4 rings (SSSR count). The Bertz CT molecular complexity index is 634. The highest BCUT2D eigenvalue weighted by molar-refractivity contribution is 6.23. The zero-order valence-electron chi connectivity index (χ0n) is 11.1. The van der Waals surface area contributed by atoms with Gasteiger partial charge in [0, 0.05) is 0 Å². The number of amides is 2. The first-order valence-corrected chi connectivity index (χ1v) is 6.93. The van der Waals surface area contributed by atoms with Gasteiger partial charge in [-0.1, -0.05) is 12.2 Å². The maximum atomic E-state index is 12.6. The van der Waals surface area contributed by atoms with E-state index in [9.17, 15) is 14.7 Å². The molecule has 102 valence electrons. The van der Waals surface area contributed by atoms with E-state index in [1.54, 1.807) is 19.1 Å². The minimum atomic E-state index is -0.175. The second kappa shape index (κ2) is 3.72. The van der Waals surface area contributed by atoms with Gasteiger partial charge < -0.3 is 5.11 Å². The third-order valence-corrected chi connectivity index (χ3v) is 4.89. The summed E-state index contributed by atoms with van der Waals surface area (Å²) >= 11 is 0. The van der Waals surface area contributed by atoms with Crippen molar-refractivity contribution in [2.45, 2.75) is 13.3 Å². The van der Waals surface area contributed by atoms with Gasteiger partial charge in [-0.05, 0) is 48.9 Å². The number of benzene rings is 1. The molecule has 1 N–H and O–H groups in total. The standard InChI is InChI=1S/C16H15NO3/c1-8-6-11(18)4-5-12(8)17-15(19)13-9-2-3-10(7-9)14(13)16(17)20/h2-6,9-10,13-14,18H,7H2,1H3/t9-,10-,13-,14+/m0/s1. The van der Waals surface area contributed by atoms with Crippen molar-refractivity contribution in [1.29, 1.82) is 0 Å². The smallest absolute Gasteiger partial charge is 0.238 e. The topological polar surface area (TPSA) is 57.6 Å². The van der Waals surface area contributed by atoms with Gasteiger partial charge in [0.25, 0.3) is 0 Å². The Morgan fingerprint density at radius 2 is 1.70 bits per heavy atom. The second-order valence-electron chi connectivity index (χ2n) is 5.98. The lowest BCUT2D eigenvalue weighted by Gasteiger charge is -2.19. The molecule has 0 unspecified atom stereocenters. The number of nitrogens with zero attached hydrogens (tertiary/aromatic N) is 1. The van der Waals surface area contributed by atoms with Gasteiger partial charge in [0.05, 0.1) is 17.5 Å². The molecule has 2 bridgehead atoms. The molecule has 0 radical (unpaired) electrons. The Balaban J connectivity index is 1.78. The van der Waals surface area contributed by atoms with Crippen molar-refractivity contribution in [3.05, 3.63) is 35.9 Å². The van der Waals surface area contributed by atoms with E-state index in [2.05, 4.69) is 12.2 Å². The zero-order valence-corrected chi connectivity index (χ0v) is 11.1. The number of fused-ring (bicyclic) bond motifs is 5. The van der Waals surface area contributed by atoms with E-state index in [0.717, 1.165) is 12.0 Å². The number of rotatable bonds is 1. The molecule has 1 heterocycles. The molecule has 1 aromatic carbocycles. The average Bonchev–Trinajstić information content (AvgIpc) is 3.06. The van der Waals surface area contributed by atoms with Crippen LogP contribution in [0.5, 0.6) is 5.75 Å². The number of phenols is 1. The first-order valence-electron chi connectivity index (χ1n) is 6.93. The monoisotopic (exact) mass is 269 g/mol. The quantitative estimate of drug-likeness (QED) is 0.626. The number of aryl methyl sites for hydroxylation is 1. The summed E-state index contributed by atoms with van der Waals surface area (Å²) in [5.41, 5.74) is 1.35. The highest BCUT2D eigenvalue weighted by Crippen LogP contribution is 2.53. The van der Waals surface area contributed by atoms with E-state index in [4.69, 9.17) is 0 Å². The molecule has 1 aromatic rings. The third kappa shape index (κ3) is 1.31. The van der Waals surface area contributed by atoms with Crippen LogP contribution in [0.3, 0.4) is 0 Å². The summed E-state index contributed by atoms with van der Waals surface area (Å²) in [5.74, 6) is 0.0905. The van der Waals surface area contributed by atoms with Crippen LogP contribution in [0.15, 0.2) is 30.4 Å². The molecule has 20 heavy (non-hydrogen) atoms. The number of allylic oxidation sites excluding steroid dienone is 2. The Kier molecular flexibility index (Phi) is 2.18. The highest BCUT2D eigenvalue weighted by Gasteiger charge is 2.59. The molecule has 2 fully saturated rings. The minimum Gasteiger partial charge on any atom is -0.508 e. The molecule has 0 aromatic heterocycles. The predicted octanol–water partition coefficient (Wildman–Crippen LogP) is 2.01. The molecular formula is C16H15NO3. The highest BCUT2D eigenvalue weighted by atomic mass is 16.3. The molecule has 4 atom stereocenters. The zero-order chi connectivity index (χ0) is 14.0. The Morgan fingerprint density at radius 1 is 1.10 bits per heavy atom. The van der Waals surface area contributed by atoms with Crippen LogP contribution in [0.25, 0.3) is 0 Å². The first kappa shape index (κ1) is 11.7. The van der Waals surface area contributed by atoms with Crippen molar-refractivity contribution in [2.24, 2.45) is 23.7 Å². The fraction of sp³-hybridized carbons (Fsp3) is 0.375. The SMILES string of the molecule is Cc1cc(O)ccc1N1C(=O)[C@@H]2[C@H](C1=O)[C@H]1C=C[C@H]2C1. The average molecular weight is 269 g/mol. The summed E-state index contributed by atoms with van der Waals surface area (Å²) in [6.45, 7) is 1.80. The summed E-state index contributed by atoms with van der Waals surface area (Å²) in [6.07, 6.45) is 5.11. The summed E-state index contributed by atoms with van der Waals surface area (Å²) in [4.78, 5) is 26.6. The van der Waals surface area contributed by atoms with Gasteiger partial charge in [0.1, 0.15) is 5.75 Å². The van der Waals surface area contributed by atoms with Crippen LogP contribution in [0.1, 0.15) is 12.0 Å². The van der Waals surface area contributed by atoms with Crippen LogP contribution in [-0.2, 0) is 9.59 Å². The molecule has 0 spiro atoms. The summed E-state index contributed by atoms with van der Waals surface area (Å²) in [7, 11) is 0. The van der Waals surface area contributed by atoms with Gasteiger partial charge in [-0.3, -0.25) is 9.59 Å². The number of phenolic OH excluding ortho intramolecular Hbond substituents is 1. The van der Waals surface area contributed by atoms with Crippen molar-refractivity contribution >= 4 is 17.5 Å². The van der Waals surface area contributed by atoms with Crippen molar-refractivity contribution in [3.63, 3.8) is 0 Å². The molecular weight excluding hydrogens is 254 g/mol. The van der Waals surface area contributed by atoms with Gasteiger partial charge in [0.2, 0.25) is 11.8 Å². The largest absolute Gasteiger partial charge is 0.508 e. The van der Waals surface area contributed by atoms with E-state index < -0.39 is 0 Å². The van der Waals surface area contributed by atoms with Crippen LogP contribution in [-0.4, -0.2) is 16.9 Å². The molecule has 3 aliphatic rings. The molecule has 2 amide bonds. The lowest BCUT2D eigenvalue weighted by molar-refractivity contribution is -0.123. The van der Waals surface area contributed by atoms with E-state index in [1.165, 1.54) is 11.0 Å². The number of anilines is 1. The van der Waals surface area contributed by atoms with Gasteiger partial charge in [-0.15, -0.1) is 0 Å². The van der Waals surface area contributed by atoms with Gasteiger partial charge in [0.15, 0.2) is 0 Å². The normalized spacial score (nSPS) is 34.1. The molecule has 1 aliphatic heterocycles. The van der Waals surface area contributed by atoms with Crippen LogP contribution >= 0.6 is 0 Å². The van der Waals surface area contributed by atoms with Gasteiger partial charge in [-0.2, -0.15) is 0 Å². The lowest BCUT2D eigenvalue weighted by atomic mass is 9.85. The van der Waals surface area contributed by atoms with Gasteiger partial charge >= 0.3 is 0 Å². The second-order valence-corrected chi connectivity index (χ2v) is 5.98. The van der Waals surface area contributed by atoms with Crippen molar-refractivity contribution in [3.8, 4) is 5.75 Å². The maximum Gasteiger partial charge on any atom is 0.238 e. The van der Waals surface area contributed by atoms with Crippen LogP contribution in [0.4, 0.5) is 5.69 Å². The van der Waals surface area contributed by atoms with E-state index in [-0.39, 0.29) is 41.2 Å². The van der Waals surface area contributed by atoms with Crippen molar-refractivity contribution in [1.82, 2.24) is 0 Å². The first-order chi connectivity index (χ1) is 9.58. The van der Waals surface area contributed by atoms with Crippen molar-refractivity contribution in [2.75, 3.05) is 4.90 Å². The van der Waals surface area contributed by atoms with E-state index >= 15 is 0 Å². The molecule has 2 aliphatic carbocycles. The number of aromatic hydroxyl groups is 1. The predicted molar refractivity (Wildman–Crippen MR) is 73.1 cm³/mol. The van der Waals surface area contributed by atoms with Crippen molar-refractivity contribution < 1.29 is 14.7 Å². The summed E-state index contributed by atoms with van der Waals surface area (Å²) in [5, 5.41) is 9.47. The maximum absolute atomic E-state index is 12.6. The number of carbonyl (C=O) groups excluding carboxylic acids is 2. The summed E-state index contributed by atoms with van der Waals surface area (Å²) < 4.78 is 0. The van der Waals surface area contributed by atoms with Gasteiger partial charge in [-0.25, -0.2) is 4.90 Å². The minimum absolute atomic E-state index is 0.0781. The third-order valence-electron chi connectivity index (χ3n) is 4.89. The number of hydrogen-bond acceptors (Lipinski definition) is 3.